The molecule has 0 aliphatic heterocycles. The second kappa shape index (κ2) is 4.88. The van der Waals surface area contributed by atoms with E-state index < -0.39 is 0 Å². The van der Waals surface area contributed by atoms with Gasteiger partial charge in [0.1, 0.15) is 0 Å². The van der Waals surface area contributed by atoms with Crippen molar-refractivity contribution in [1.82, 2.24) is 15.5 Å². The minimum absolute atomic E-state index is 0.477. The summed E-state index contributed by atoms with van der Waals surface area (Å²) in [6.45, 7) is 5.29. The standard InChI is InChI=1S/C13H22N4O/c1-8-3-6-11(9(8)2)15-13-17-16-12(18-13)7-14-10-4-5-10/h8-11,14H,3-7H2,1-2H3,(H,15,17). The largest absolute Gasteiger partial charge is 0.407 e. The second-order valence-corrected chi connectivity index (χ2v) is 5.82. The topological polar surface area (TPSA) is 63.0 Å². The van der Waals surface area contributed by atoms with Crippen LogP contribution in [0.25, 0.3) is 0 Å². The molecule has 0 saturated heterocycles. The average Bonchev–Trinajstić information content (AvgIpc) is 3.02. The Morgan fingerprint density at radius 3 is 2.67 bits per heavy atom. The van der Waals surface area contributed by atoms with Gasteiger partial charge >= 0.3 is 6.01 Å². The first-order valence-electron chi connectivity index (χ1n) is 7.04. The predicted octanol–water partition coefficient (Wildman–Crippen LogP) is 2.17. The molecule has 2 aliphatic rings. The van der Waals surface area contributed by atoms with E-state index in [1.54, 1.807) is 0 Å². The number of rotatable bonds is 5. The van der Waals surface area contributed by atoms with Crippen LogP contribution in [0.4, 0.5) is 6.01 Å². The molecule has 0 spiro atoms. The van der Waals surface area contributed by atoms with Gasteiger partial charge in [-0.25, -0.2) is 0 Å². The maximum Gasteiger partial charge on any atom is 0.315 e. The molecular weight excluding hydrogens is 228 g/mol. The third-order valence-electron chi connectivity index (χ3n) is 4.36. The average molecular weight is 250 g/mol. The van der Waals surface area contributed by atoms with Crippen molar-refractivity contribution < 1.29 is 4.42 Å². The molecule has 2 N–H and O–H groups in total. The minimum Gasteiger partial charge on any atom is -0.407 e. The van der Waals surface area contributed by atoms with Crippen LogP contribution in [0, 0.1) is 11.8 Å². The van der Waals surface area contributed by atoms with E-state index in [1.165, 1.54) is 25.7 Å². The molecule has 3 atom stereocenters. The fourth-order valence-corrected chi connectivity index (χ4v) is 2.63. The van der Waals surface area contributed by atoms with E-state index in [1.807, 2.05) is 0 Å². The number of hydrogen-bond acceptors (Lipinski definition) is 5. The highest BCUT2D eigenvalue weighted by Gasteiger charge is 2.30. The fraction of sp³-hybridized carbons (Fsp3) is 0.846. The Labute approximate surface area is 108 Å². The molecule has 2 aliphatic carbocycles. The first-order valence-corrected chi connectivity index (χ1v) is 7.04. The zero-order valence-electron chi connectivity index (χ0n) is 11.1. The number of aromatic nitrogens is 2. The number of nitrogens with one attached hydrogen (secondary N) is 2. The van der Waals surface area contributed by atoms with Gasteiger partial charge in [-0.15, -0.1) is 5.10 Å². The van der Waals surface area contributed by atoms with Gasteiger partial charge in [-0.05, 0) is 37.5 Å². The molecule has 0 aromatic carbocycles. The minimum atomic E-state index is 0.477. The van der Waals surface area contributed by atoms with Crippen LogP contribution in [-0.2, 0) is 6.54 Å². The summed E-state index contributed by atoms with van der Waals surface area (Å²) in [5.74, 6) is 2.13. The molecule has 1 heterocycles. The van der Waals surface area contributed by atoms with Gasteiger partial charge in [0.05, 0.1) is 6.54 Å². The third kappa shape index (κ3) is 2.66. The van der Waals surface area contributed by atoms with Crippen LogP contribution < -0.4 is 10.6 Å². The molecule has 3 unspecified atom stereocenters. The van der Waals surface area contributed by atoms with Crippen molar-refractivity contribution >= 4 is 6.01 Å². The van der Waals surface area contributed by atoms with E-state index in [4.69, 9.17) is 4.42 Å². The SMILES string of the molecule is CC1CCC(Nc2nnc(CNC3CC3)o2)C1C. The molecule has 0 amide bonds. The molecule has 3 rings (SSSR count). The molecule has 100 valence electrons. The smallest absolute Gasteiger partial charge is 0.315 e. The van der Waals surface area contributed by atoms with Gasteiger partial charge in [-0.2, -0.15) is 0 Å². The van der Waals surface area contributed by atoms with Crippen LogP contribution in [0.2, 0.25) is 0 Å². The highest BCUT2D eigenvalue weighted by molar-refractivity contribution is 5.21. The van der Waals surface area contributed by atoms with E-state index >= 15 is 0 Å². The molecule has 5 heteroatoms. The Morgan fingerprint density at radius 2 is 2.00 bits per heavy atom. The van der Waals surface area contributed by atoms with E-state index in [2.05, 4.69) is 34.7 Å². The molecular formula is C13H22N4O. The Kier molecular flexibility index (Phi) is 3.24. The third-order valence-corrected chi connectivity index (χ3v) is 4.36. The van der Waals surface area contributed by atoms with Crippen LogP contribution in [0.1, 0.15) is 45.4 Å². The van der Waals surface area contributed by atoms with E-state index in [0.717, 1.165) is 5.92 Å². The van der Waals surface area contributed by atoms with Crippen molar-refractivity contribution in [3.63, 3.8) is 0 Å². The van der Waals surface area contributed by atoms with Crippen molar-refractivity contribution in [2.75, 3.05) is 5.32 Å². The van der Waals surface area contributed by atoms with Crippen LogP contribution >= 0.6 is 0 Å². The summed E-state index contributed by atoms with van der Waals surface area (Å²) >= 11 is 0. The molecule has 0 bridgehead atoms. The van der Waals surface area contributed by atoms with Gasteiger partial charge in [0.15, 0.2) is 0 Å². The molecule has 1 aromatic rings. The van der Waals surface area contributed by atoms with Crippen LogP contribution in [-0.4, -0.2) is 22.3 Å². The van der Waals surface area contributed by atoms with Crippen molar-refractivity contribution in [1.29, 1.82) is 0 Å². The quantitative estimate of drug-likeness (QED) is 0.838. The van der Waals surface area contributed by atoms with Gasteiger partial charge in [-0.3, -0.25) is 0 Å². The summed E-state index contributed by atoms with van der Waals surface area (Å²) in [7, 11) is 0. The fourth-order valence-electron chi connectivity index (χ4n) is 2.63. The Morgan fingerprint density at radius 1 is 1.17 bits per heavy atom. The summed E-state index contributed by atoms with van der Waals surface area (Å²) in [4.78, 5) is 0. The monoisotopic (exact) mass is 250 g/mol. The lowest BCUT2D eigenvalue weighted by Gasteiger charge is -2.17. The number of nitrogens with zero attached hydrogens (tertiary/aromatic N) is 2. The molecule has 2 saturated carbocycles. The van der Waals surface area contributed by atoms with Crippen molar-refractivity contribution in [2.24, 2.45) is 11.8 Å². The van der Waals surface area contributed by atoms with Crippen LogP contribution in [0.5, 0.6) is 0 Å². The lowest BCUT2D eigenvalue weighted by atomic mass is 9.98. The number of hydrogen-bond donors (Lipinski definition) is 2. The van der Waals surface area contributed by atoms with Crippen LogP contribution in [0.15, 0.2) is 4.42 Å². The first kappa shape index (κ1) is 12.0. The molecule has 1 aromatic heterocycles. The normalized spacial score (nSPS) is 31.8. The Bertz CT molecular complexity index is 401. The van der Waals surface area contributed by atoms with E-state index in [0.29, 0.717) is 36.5 Å². The second-order valence-electron chi connectivity index (χ2n) is 5.82. The lowest BCUT2D eigenvalue weighted by molar-refractivity contribution is 0.422. The summed E-state index contributed by atoms with van der Waals surface area (Å²) in [6.07, 6.45) is 5.02. The lowest BCUT2D eigenvalue weighted by Crippen LogP contribution is -2.24. The maximum absolute atomic E-state index is 5.61. The van der Waals surface area contributed by atoms with Crippen molar-refractivity contribution in [3.8, 4) is 0 Å². The van der Waals surface area contributed by atoms with Gasteiger partial charge < -0.3 is 15.1 Å². The van der Waals surface area contributed by atoms with Gasteiger partial charge in [0, 0.05) is 12.1 Å². The zero-order chi connectivity index (χ0) is 12.5. The molecule has 0 radical (unpaired) electrons. The summed E-state index contributed by atoms with van der Waals surface area (Å²) < 4.78 is 5.61. The maximum atomic E-state index is 5.61. The highest BCUT2D eigenvalue weighted by Crippen LogP contribution is 2.32. The molecule has 5 nitrogen and oxygen atoms in total. The molecule has 18 heavy (non-hydrogen) atoms. The summed E-state index contributed by atoms with van der Waals surface area (Å²) in [5, 5.41) is 14.9. The first-order chi connectivity index (χ1) is 8.72. The van der Waals surface area contributed by atoms with Gasteiger partial charge in [0.2, 0.25) is 5.89 Å². The van der Waals surface area contributed by atoms with Gasteiger partial charge in [-0.1, -0.05) is 18.9 Å². The van der Waals surface area contributed by atoms with Crippen molar-refractivity contribution in [2.45, 2.75) is 58.2 Å². The Hall–Kier alpha value is -1.10. The summed E-state index contributed by atoms with van der Waals surface area (Å²) in [5.41, 5.74) is 0. The summed E-state index contributed by atoms with van der Waals surface area (Å²) in [6, 6.07) is 1.72. The Balaban J connectivity index is 1.52. The zero-order valence-corrected chi connectivity index (χ0v) is 11.1. The van der Waals surface area contributed by atoms with E-state index in [-0.39, 0.29) is 0 Å². The van der Waals surface area contributed by atoms with E-state index in [9.17, 15) is 0 Å². The van der Waals surface area contributed by atoms with Crippen molar-refractivity contribution in [3.05, 3.63) is 5.89 Å². The predicted molar refractivity (Wildman–Crippen MR) is 69.1 cm³/mol. The van der Waals surface area contributed by atoms with Gasteiger partial charge in [0.25, 0.3) is 0 Å². The molecule has 2 fully saturated rings. The number of anilines is 1. The highest BCUT2D eigenvalue weighted by atomic mass is 16.4. The van der Waals surface area contributed by atoms with Crippen LogP contribution in [0.3, 0.4) is 0 Å².